The van der Waals surface area contributed by atoms with Crippen LogP contribution in [0.4, 0.5) is 0 Å². The standard InChI is InChI=1S/C22H18BrN3O2S/c23-17-8-6-16(7-9-17)18-13-29-21-20(18)22(28)26(14-25-21)12-19(27)24-11-10-15-4-2-1-3-5-15/h1-9,13-14H,10-12H2,(H,24,27). The number of amides is 1. The first-order valence-corrected chi connectivity index (χ1v) is 10.8. The minimum Gasteiger partial charge on any atom is -0.354 e. The van der Waals surface area contributed by atoms with Crippen LogP contribution in [0.2, 0.25) is 0 Å². The van der Waals surface area contributed by atoms with Crippen molar-refractivity contribution in [3.8, 4) is 11.1 Å². The van der Waals surface area contributed by atoms with Crippen molar-refractivity contribution in [2.75, 3.05) is 6.54 Å². The normalized spacial score (nSPS) is 10.9. The van der Waals surface area contributed by atoms with Gasteiger partial charge in [-0.05, 0) is 29.7 Å². The second-order valence-electron chi connectivity index (χ2n) is 6.60. The Balaban J connectivity index is 1.51. The molecule has 0 unspecified atom stereocenters. The third kappa shape index (κ3) is 4.46. The van der Waals surface area contributed by atoms with Gasteiger partial charge in [-0.1, -0.05) is 58.4 Å². The van der Waals surface area contributed by atoms with Gasteiger partial charge in [0.2, 0.25) is 5.91 Å². The van der Waals surface area contributed by atoms with E-state index in [-0.39, 0.29) is 18.0 Å². The van der Waals surface area contributed by atoms with E-state index in [0.29, 0.717) is 16.8 Å². The molecule has 0 spiro atoms. The highest BCUT2D eigenvalue weighted by atomic mass is 79.9. The third-order valence-corrected chi connectivity index (χ3v) is 6.02. The zero-order chi connectivity index (χ0) is 20.2. The molecule has 0 aliphatic rings. The summed E-state index contributed by atoms with van der Waals surface area (Å²) in [4.78, 5) is 30.4. The van der Waals surface area contributed by atoms with Gasteiger partial charge in [-0.3, -0.25) is 14.2 Å². The lowest BCUT2D eigenvalue weighted by molar-refractivity contribution is -0.121. The summed E-state index contributed by atoms with van der Waals surface area (Å²) in [6.07, 6.45) is 2.19. The molecule has 1 amide bonds. The number of hydrogen-bond acceptors (Lipinski definition) is 4. The van der Waals surface area contributed by atoms with Gasteiger partial charge < -0.3 is 5.32 Å². The average molecular weight is 468 g/mol. The van der Waals surface area contributed by atoms with E-state index in [1.807, 2.05) is 60.0 Å². The molecule has 5 nitrogen and oxygen atoms in total. The van der Waals surface area contributed by atoms with Crippen LogP contribution in [0.15, 0.2) is 75.6 Å². The van der Waals surface area contributed by atoms with Crippen LogP contribution in [0.1, 0.15) is 5.56 Å². The zero-order valence-electron chi connectivity index (χ0n) is 15.5. The van der Waals surface area contributed by atoms with Crippen LogP contribution in [0.3, 0.4) is 0 Å². The Kier molecular flexibility index (Phi) is 5.87. The summed E-state index contributed by atoms with van der Waals surface area (Å²) < 4.78 is 2.35. The van der Waals surface area contributed by atoms with Crippen molar-refractivity contribution in [1.29, 1.82) is 0 Å². The van der Waals surface area contributed by atoms with Gasteiger partial charge in [-0.15, -0.1) is 11.3 Å². The monoisotopic (exact) mass is 467 g/mol. The summed E-state index contributed by atoms with van der Waals surface area (Å²) in [6.45, 7) is 0.474. The van der Waals surface area contributed by atoms with Crippen molar-refractivity contribution in [2.45, 2.75) is 13.0 Å². The van der Waals surface area contributed by atoms with Crippen LogP contribution in [-0.2, 0) is 17.8 Å². The Labute approximate surface area is 180 Å². The SMILES string of the molecule is O=C(Cn1cnc2scc(-c3ccc(Br)cc3)c2c1=O)NCCc1ccccc1. The molecule has 0 fully saturated rings. The van der Waals surface area contributed by atoms with E-state index in [2.05, 4.69) is 26.2 Å². The van der Waals surface area contributed by atoms with Gasteiger partial charge in [0.25, 0.3) is 5.56 Å². The number of nitrogens with one attached hydrogen (secondary N) is 1. The Hall–Kier alpha value is -2.77. The smallest absolute Gasteiger partial charge is 0.263 e. The molecule has 4 rings (SSSR count). The van der Waals surface area contributed by atoms with Crippen LogP contribution in [0.25, 0.3) is 21.3 Å². The summed E-state index contributed by atoms with van der Waals surface area (Å²) in [5, 5.41) is 5.36. The molecule has 0 aliphatic carbocycles. The van der Waals surface area contributed by atoms with Crippen molar-refractivity contribution < 1.29 is 4.79 Å². The molecule has 4 aromatic rings. The summed E-state index contributed by atoms with van der Waals surface area (Å²) in [7, 11) is 0. The lowest BCUT2D eigenvalue weighted by Gasteiger charge is -2.08. The molecule has 0 aliphatic heterocycles. The number of nitrogens with zero attached hydrogens (tertiary/aromatic N) is 2. The van der Waals surface area contributed by atoms with Crippen LogP contribution in [0.5, 0.6) is 0 Å². The minimum atomic E-state index is -0.204. The first-order chi connectivity index (χ1) is 14.1. The topological polar surface area (TPSA) is 64.0 Å². The number of benzene rings is 2. The van der Waals surface area contributed by atoms with Gasteiger partial charge in [-0.25, -0.2) is 4.98 Å². The molecule has 146 valence electrons. The fourth-order valence-electron chi connectivity index (χ4n) is 3.12. The van der Waals surface area contributed by atoms with E-state index >= 15 is 0 Å². The van der Waals surface area contributed by atoms with Gasteiger partial charge in [-0.2, -0.15) is 0 Å². The van der Waals surface area contributed by atoms with E-state index in [0.717, 1.165) is 27.6 Å². The molecule has 0 radical (unpaired) electrons. The first-order valence-electron chi connectivity index (χ1n) is 9.15. The number of carbonyl (C=O) groups excluding carboxylic acids is 1. The fraction of sp³-hybridized carbons (Fsp3) is 0.136. The van der Waals surface area contributed by atoms with Gasteiger partial charge in [0.05, 0.1) is 11.7 Å². The Morgan fingerprint density at radius 1 is 1.10 bits per heavy atom. The minimum absolute atomic E-state index is 0.0494. The van der Waals surface area contributed by atoms with Crippen LogP contribution in [0, 0.1) is 0 Å². The van der Waals surface area contributed by atoms with Crippen LogP contribution < -0.4 is 10.9 Å². The lowest BCUT2D eigenvalue weighted by Crippen LogP contribution is -2.33. The molecule has 2 aromatic heterocycles. The van der Waals surface area contributed by atoms with Crippen molar-refractivity contribution in [2.24, 2.45) is 0 Å². The number of carbonyl (C=O) groups is 1. The Morgan fingerprint density at radius 3 is 2.62 bits per heavy atom. The quantitative estimate of drug-likeness (QED) is 0.460. The highest BCUT2D eigenvalue weighted by Crippen LogP contribution is 2.31. The van der Waals surface area contributed by atoms with Gasteiger partial charge in [0, 0.05) is 22.0 Å². The van der Waals surface area contributed by atoms with E-state index in [1.54, 1.807) is 0 Å². The highest BCUT2D eigenvalue weighted by Gasteiger charge is 2.14. The second kappa shape index (κ2) is 8.71. The number of aromatic nitrogens is 2. The maximum Gasteiger partial charge on any atom is 0.263 e. The Morgan fingerprint density at radius 2 is 1.86 bits per heavy atom. The zero-order valence-corrected chi connectivity index (χ0v) is 17.9. The van der Waals surface area contributed by atoms with Crippen molar-refractivity contribution in [1.82, 2.24) is 14.9 Å². The van der Waals surface area contributed by atoms with Crippen LogP contribution in [-0.4, -0.2) is 22.0 Å². The molecule has 7 heteroatoms. The number of thiophene rings is 1. The number of halogens is 1. The maximum absolute atomic E-state index is 13.0. The van der Waals surface area contributed by atoms with E-state index in [4.69, 9.17) is 0 Å². The van der Waals surface area contributed by atoms with E-state index < -0.39 is 0 Å². The molecule has 0 atom stereocenters. The van der Waals surface area contributed by atoms with E-state index in [9.17, 15) is 9.59 Å². The maximum atomic E-state index is 13.0. The summed E-state index contributed by atoms with van der Waals surface area (Å²) in [6, 6.07) is 17.7. The largest absolute Gasteiger partial charge is 0.354 e. The van der Waals surface area contributed by atoms with E-state index in [1.165, 1.54) is 22.2 Å². The molecule has 29 heavy (non-hydrogen) atoms. The molecular formula is C22H18BrN3O2S. The van der Waals surface area contributed by atoms with Crippen LogP contribution >= 0.6 is 27.3 Å². The lowest BCUT2D eigenvalue weighted by atomic mass is 10.1. The summed E-state index contributed by atoms with van der Waals surface area (Å²) in [5.74, 6) is -0.204. The number of hydrogen-bond donors (Lipinski definition) is 1. The molecule has 0 bridgehead atoms. The fourth-order valence-corrected chi connectivity index (χ4v) is 4.29. The highest BCUT2D eigenvalue weighted by molar-refractivity contribution is 9.10. The molecule has 0 saturated carbocycles. The van der Waals surface area contributed by atoms with Crippen molar-refractivity contribution in [3.05, 3.63) is 86.7 Å². The second-order valence-corrected chi connectivity index (χ2v) is 8.37. The molecule has 1 N–H and O–H groups in total. The molecule has 2 heterocycles. The summed E-state index contributed by atoms with van der Waals surface area (Å²) in [5.41, 5.74) is 2.75. The predicted octanol–water partition coefficient (Wildman–Crippen LogP) is 4.25. The average Bonchev–Trinajstić information content (AvgIpc) is 3.16. The van der Waals surface area contributed by atoms with Crippen molar-refractivity contribution >= 4 is 43.4 Å². The molecule has 2 aromatic carbocycles. The Bertz CT molecular complexity index is 1200. The van der Waals surface area contributed by atoms with Gasteiger partial charge in [0.1, 0.15) is 11.4 Å². The predicted molar refractivity (Wildman–Crippen MR) is 120 cm³/mol. The third-order valence-electron chi connectivity index (χ3n) is 4.61. The van der Waals surface area contributed by atoms with Crippen molar-refractivity contribution in [3.63, 3.8) is 0 Å². The number of fused-ring (bicyclic) bond motifs is 1. The van der Waals surface area contributed by atoms with Gasteiger partial charge in [0.15, 0.2) is 0 Å². The molecule has 0 saturated heterocycles. The summed E-state index contributed by atoms with van der Waals surface area (Å²) >= 11 is 4.86. The molecular weight excluding hydrogens is 450 g/mol. The van der Waals surface area contributed by atoms with Gasteiger partial charge >= 0.3 is 0 Å². The number of rotatable bonds is 6. The first kappa shape index (κ1) is 19.5.